The van der Waals surface area contributed by atoms with Gasteiger partial charge in [0.1, 0.15) is 17.2 Å². The van der Waals surface area contributed by atoms with Crippen LogP contribution in [0.25, 0.3) is 0 Å². The highest BCUT2D eigenvalue weighted by molar-refractivity contribution is 6.30. The van der Waals surface area contributed by atoms with Crippen molar-refractivity contribution in [2.75, 3.05) is 11.9 Å². The molecule has 21 heavy (non-hydrogen) atoms. The lowest BCUT2D eigenvalue weighted by Gasteiger charge is -2.23. The van der Waals surface area contributed by atoms with Crippen LogP contribution in [-0.4, -0.2) is 22.3 Å². The third-order valence-electron chi connectivity index (χ3n) is 3.84. The molecule has 0 bridgehead atoms. The van der Waals surface area contributed by atoms with Crippen LogP contribution in [0, 0.1) is 0 Å². The molecule has 0 radical (unpaired) electrons. The minimum absolute atomic E-state index is 0.0398. The Balaban J connectivity index is 1.93. The van der Waals surface area contributed by atoms with Gasteiger partial charge < -0.3 is 15.8 Å². The van der Waals surface area contributed by atoms with Gasteiger partial charge in [0.15, 0.2) is 0 Å². The molecule has 1 aromatic heterocycles. The van der Waals surface area contributed by atoms with E-state index >= 15 is 0 Å². The Morgan fingerprint density at radius 2 is 2.38 bits per heavy atom. The Morgan fingerprint density at radius 3 is 3.05 bits per heavy atom. The lowest BCUT2D eigenvalue weighted by molar-refractivity contribution is 0.124. The molecule has 0 fully saturated rings. The number of benzene rings is 1. The van der Waals surface area contributed by atoms with Crippen molar-refractivity contribution in [1.29, 1.82) is 0 Å². The number of hydrogen-bond donors (Lipinski definition) is 3. The largest absolute Gasteiger partial charge is 0.485 e. The number of fused-ring (bicyclic) bond motifs is 1. The molecule has 0 aliphatic carbocycles. The average Bonchev–Trinajstić information content (AvgIpc) is 3.05. The van der Waals surface area contributed by atoms with Crippen molar-refractivity contribution in [3.8, 4) is 5.75 Å². The molecule has 6 heteroatoms. The third-order valence-corrected chi connectivity index (χ3v) is 4.06. The van der Waals surface area contributed by atoms with E-state index in [2.05, 4.69) is 22.4 Å². The number of nitrogens with one attached hydrogen (secondary N) is 2. The first kappa shape index (κ1) is 14.2. The summed E-state index contributed by atoms with van der Waals surface area (Å²) in [5, 5.41) is 10.9. The Labute approximate surface area is 128 Å². The summed E-state index contributed by atoms with van der Waals surface area (Å²) >= 11 is 6.26. The van der Waals surface area contributed by atoms with Gasteiger partial charge in [0.2, 0.25) is 0 Å². The van der Waals surface area contributed by atoms with E-state index in [9.17, 15) is 0 Å². The third kappa shape index (κ3) is 2.71. The fraction of sp³-hybridized carbons (Fsp3) is 0.400. The highest BCUT2D eigenvalue weighted by Crippen LogP contribution is 2.42. The van der Waals surface area contributed by atoms with E-state index in [0.29, 0.717) is 11.6 Å². The van der Waals surface area contributed by atoms with E-state index in [1.54, 1.807) is 6.20 Å². The number of H-pyrrole nitrogens is 1. The first-order valence-electron chi connectivity index (χ1n) is 6.98. The second kappa shape index (κ2) is 5.24. The number of hydrogen-bond acceptors (Lipinski definition) is 4. The molecular formula is C15H19ClN4O. The second-order valence-corrected chi connectivity index (χ2v) is 6.19. The second-order valence-electron chi connectivity index (χ2n) is 5.75. The van der Waals surface area contributed by atoms with Gasteiger partial charge in [0.25, 0.3) is 0 Å². The van der Waals surface area contributed by atoms with Crippen LogP contribution in [0.15, 0.2) is 24.4 Å². The van der Waals surface area contributed by atoms with Crippen molar-refractivity contribution in [3.63, 3.8) is 0 Å². The average molecular weight is 307 g/mol. The van der Waals surface area contributed by atoms with Crippen molar-refractivity contribution >= 4 is 17.4 Å². The van der Waals surface area contributed by atoms with Crippen molar-refractivity contribution < 1.29 is 4.74 Å². The van der Waals surface area contributed by atoms with Gasteiger partial charge in [-0.1, -0.05) is 11.6 Å². The molecule has 1 aliphatic rings. The van der Waals surface area contributed by atoms with Crippen LogP contribution in [0.2, 0.25) is 5.02 Å². The minimum Gasteiger partial charge on any atom is -0.485 e. The topological polar surface area (TPSA) is 76.0 Å². The van der Waals surface area contributed by atoms with Crippen molar-refractivity contribution in [3.05, 3.63) is 40.5 Å². The fourth-order valence-electron chi connectivity index (χ4n) is 2.70. The molecule has 0 saturated carbocycles. The predicted molar refractivity (Wildman–Crippen MR) is 83.9 cm³/mol. The smallest absolute Gasteiger partial charge is 0.128 e. The lowest BCUT2D eigenvalue weighted by atomic mass is 9.97. The van der Waals surface area contributed by atoms with Gasteiger partial charge in [0, 0.05) is 29.1 Å². The summed E-state index contributed by atoms with van der Waals surface area (Å²) in [6.45, 7) is 4.56. The predicted octanol–water partition coefficient (Wildman–Crippen LogP) is 2.89. The summed E-state index contributed by atoms with van der Waals surface area (Å²) in [6, 6.07) is 5.82. The van der Waals surface area contributed by atoms with Crippen molar-refractivity contribution in [1.82, 2.24) is 10.2 Å². The van der Waals surface area contributed by atoms with Gasteiger partial charge in [-0.2, -0.15) is 5.10 Å². The Hall–Kier alpha value is -1.72. The summed E-state index contributed by atoms with van der Waals surface area (Å²) < 4.78 is 6.12. The maximum atomic E-state index is 6.26. The van der Waals surface area contributed by atoms with Gasteiger partial charge in [-0.3, -0.25) is 5.10 Å². The fourth-order valence-corrected chi connectivity index (χ4v) is 2.95. The Morgan fingerprint density at radius 1 is 1.57 bits per heavy atom. The summed E-state index contributed by atoms with van der Waals surface area (Å²) in [4.78, 5) is 0. The number of ether oxygens (including phenoxy) is 1. The van der Waals surface area contributed by atoms with Gasteiger partial charge >= 0.3 is 0 Å². The molecule has 2 unspecified atom stereocenters. The van der Waals surface area contributed by atoms with Gasteiger partial charge in [-0.15, -0.1) is 0 Å². The molecule has 0 amide bonds. The number of aromatic nitrogens is 2. The standard InChI is InChI=1S/C15H19ClN4O/c1-9(19-13-3-4-18-20-13)12-6-11(16)5-10-7-15(2,8-17)21-14(10)12/h3-6,9H,7-8,17H2,1-2H3,(H2,18,19,20). The minimum atomic E-state index is -0.352. The van der Waals surface area contributed by atoms with Crippen LogP contribution in [-0.2, 0) is 6.42 Å². The number of nitrogens with zero attached hydrogens (tertiary/aromatic N) is 1. The molecular weight excluding hydrogens is 288 g/mol. The Bertz CT molecular complexity index is 643. The zero-order valence-electron chi connectivity index (χ0n) is 12.1. The zero-order valence-corrected chi connectivity index (χ0v) is 12.9. The van der Waals surface area contributed by atoms with E-state index in [1.807, 2.05) is 25.1 Å². The molecule has 112 valence electrons. The van der Waals surface area contributed by atoms with E-state index in [0.717, 1.165) is 29.1 Å². The molecule has 2 aromatic rings. The first-order chi connectivity index (χ1) is 10.0. The molecule has 1 aromatic carbocycles. The van der Waals surface area contributed by atoms with E-state index in [-0.39, 0.29) is 11.6 Å². The Kier molecular flexibility index (Phi) is 3.55. The van der Waals surface area contributed by atoms with Crippen LogP contribution in [0.3, 0.4) is 0 Å². The summed E-state index contributed by atoms with van der Waals surface area (Å²) in [7, 11) is 0. The molecule has 3 rings (SSSR count). The highest BCUT2D eigenvalue weighted by atomic mass is 35.5. The maximum absolute atomic E-state index is 6.26. The number of rotatable bonds is 4. The summed E-state index contributed by atoms with van der Waals surface area (Å²) in [5.41, 5.74) is 7.63. The van der Waals surface area contributed by atoms with E-state index < -0.39 is 0 Å². The normalized spacial score (nSPS) is 21.7. The maximum Gasteiger partial charge on any atom is 0.128 e. The molecule has 4 N–H and O–H groups in total. The first-order valence-corrected chi connectivity index (χ1v) is 7.36. The van der Waals surface area contributed by atoms with Gasteiger partial charge in [-0.25, -0.2) is 0 Å². The molecule has 2 heterocycles. The van der Waals surface area contributed by atoms with Gasteiger partial charge in [-0.05, 0) is 32.0 Å². The zero-order chi connectivity index (χ0) is 15.0. The molecule has 0 spiro atoms. The van der Waals surface area contributed by atoms with E-state index in [1.165, 1.54) is 0 Å². The van der Waals surface area contributed by atoms with Crippen LogP contribution in [0.4, 0.5) is 5.82 Å². The van der Waals surface area contributed by atoms with E-state index in [4.69, 9.17) is 22.1 Å². The summed E-state index contributed by atoms with van der Waals surface area (Å²) in [5.74, 6) is 1.75. The SMILES string of the molecule is CC(Nc1ccn[nH]1)c1cc(Cl)cc2c1OC(C)(CN)C2. The highest BCUT2D eigenvalue weighted by Gasteiger charge is 2.36. The monoisotopic (exact) mass is 306 g/mol. The van der Waals surface area contributed by atoms with Gasteiger partial charge in [0.05, 0.1) is 12.2 Å². The summed E-state index contributed by atoms with van der Waals surface area (Å²) in [6.07, 6.45) is 2.49. The quantitative estimate of drug-likeness (QED) is 0.812. The molecule has 0 saturated heterocycles. The number of aromatic amines is 1. The number of anilines is 1. The molecule has 5 nitrogen and oxygen atoms in total. The molecule has 1 aliphatic heterocycles. The van der Waals surface area contributed by atoms with Crippen LogP contribution >= 0.6 is 11.6 Å². The van der Waals surface area contributed by atoms with Crippen LogP contribution < -0.4 is 15.8 Å². The number of halogens is 1. The van der Waals surface area contributed by atoms with Crippen LogP contribution in [0.5, 0.6) is 5.75 Å². The van der Waals surface area contributed by atoms with Crippen molar-refractivity contribution in [2.24, 2.45) is 5.73 Å². The number of nitrogens with two attached hydrogens (primary N) is 1. The van der Waals surface area contributed by atoms with Crippen molar-refractivity contribution in [2.45, 2.75) is 31.9 Å². The van der Waals surface area contributed by atoms with Crippen LogP contribution in [0.1, 0.15) is 31.0 Å². The molecule has 2 atom stereocenters. The lowest BCUT2D eigenvalue weighted by Crippen LogP contribution is -2.39.